The number of aliphatic hydroxyl groups excluding tert-OH is 1. The number of nitrogens with zero attached hydrogens (tertiary/aromatic N) is 1. The smallest absolute Gasteiger partial charge is 0.176 e. The molecule has 2 atom stereocenters. The molecule has 1 aliphatic heterocycles. The van der Waals surface area contributed by atoms with E-state index in [1.54, 1.807) is 0 Å². The number of carbonyl (C=O) groups excluding carboxylic acids is 1. The molecular weight excluding hydrogens is 357 g/mol. The Balaban J connectivity index is 1.99. The van der Waals surface area contributed by atoms with Gasteiger partial charge in [-0.25, -0.2) is 0 Å². The van der Waals surface area contributed by atoms with Crippen molar-refractivity contribution in [3.05, 3.63) is 33.4 Å². The largest absolute Gasteiger partial charge is 0.394 e. The van der Waals surface area contributed by atoms with E-state index in [1.807, 2.05) is 31.2 Å². The lowest BCUT2D eigenvalue weighted by molar-refractivity contribution is -0.0747. The van der Waals surface area contributed by atoms with Gasteiger partial charge in [0.2, 0.25) is 0 Å². The minimum atomic E-state index is -0.180. The fourth-order valence-corrected chi connectivity index (χ4v) is 2.48. The van der Waals surface area contributed by atoms with E-state index in [9.17, 15) is 4.79 Å². The van der Waals surface area contributed by atoms with Gasteiger partial charge in [-0.15, -0.1) is 0 Å². The summed E-state index contributed by atoms with van der Waals surface area (Å²) in [5.41, 5.74) is 0.736. The van der Waals surface area contributed by atoms with Crippen LogP contribution in [0.5, 0.6) is 0 Å². The number of halogens is 1. The van der Waals surface area contributed by atoms with Crippen LogP contribution < -0.4 is 0 Å². The van der Waals surface area contributed by atoms with Crippen molar-refractivity contribution in [1.29, 1.82) is 0 Å². The third kappa shape index (κ3) is 3.98. The molecule has 2 unspecified atom stereocenters. The summed E-state index contributed by atoms with van der Waals surface area (Å²) in [5.74, 6) is 0.113. The maximum absolute atomic E-state index is 12.2. The highest BCUT2D eigenvalue weighted by Crippen LogP contribution is 2.13. The summed E-state index contributed by atoms with van der Waals surface area (Å²) in [6, 6.07) is 7.80. The normalized spacial score (nSPS) is 24.4. The number of ketones is 1. The number of hydrogen-bond donors (Lipinski definition) is 1. The van der Waals surface area contributed by atoms with Crippen molar-refractivity contribution in [3.63, 3.8) is 0 Å². The molecule has 1 N–H and O–H groups in total. The number of ether oxygens (including phenoxy) is 1. The summed E-state index contributed by atoms with van der Waals surface area (Å²) >= 11 is 2.22. The number of benzene rings is 1. The number of Topliss-reactive ketones (excluding diaryl/α,β-unsaturated/α-hetero) is 1. The van der Waals surface area contributed by atoms with E-state index in [0.29, 0.717) is 19.7 Å². The van der Waals surface area contributed by atoms with E-state index in [0.717, 1.165) is 9.13 Å². The molecule has 0 spiro atoms. The van der Waals surface area contributed by atoms with Gasteiger partial charge in [-0.3, -0.25) is 9.69 Å². The van der Waals surface area contributed by atoms with Gasteiger partial charge in [-0.05, 0) is 41.6 Å². The SMILES string of the molecule is CC1COC(CO)CN1CC(=O)c1ccc(I)cc1. The summed E-state index contributed by atoms with van der Waals surface area (Å²) in [7, 11) is 0. The van der Waals surface area contributed by atoms with Crippen molar-refractivity contribution in [3.8, 4) is 0 Å². The van der Waals surface area contributed by atoms with Crippen LogP contribution in [0.3, 0.4) is 0 Å². The van der Waals surface area contributed by atoms with E-state index in [1.165, 1.54) is 0 Å². The second-order valence-corrected chi connectivity index (χ2v) is 6.09. The van der Waals surface area contributed by atoms with Crippen LogP contribution in [0.4, 0.5) is 0 Å². The van der Waals surface area contributed by atoms with Crippen molar-refractivity contribution in [1.82, 2.24) is 4.90 Å². The molecule has 5 heteroatoms. The van der Waals surface area contributed by atoms with Crippen LogP contribution in [-0.4, -0.2) is 54.2 Å². The van der Waals surface area contributed by atoms with Crippen LogP contribution in [0, 0.1) is 3.57 Å². The maximum Gasteiger partial charge on any atom is 0.176 e. The molecule has 4 nitrogen and oxygen atoms in total. The maximum atomic E-state index is 12.2. The Kier molecular flexibility index (Phi) is 5.32. The molecular formula is C14H18INO3. The third-order valence-electron chi connectivity index (χ3n) is 3.35. The third-order valence-corrected chi connectivity index (χ3v) is 4.07. The highest BCUT2D eigenvalue weighted by Gasteiger charge is 2.27. The predicted molar refractivity (Wildman–Crippen MR) is 81.4 cm³/mol. The van der Waals surface area contributed by atoms with Gasteiger partial charge in [0, 0.05) is 21.7 Å². The number of aliphatic hydroxyl groups is 1. The molecule has 2 rings (SSSR count). The number of rotatable bonds is 4. The van der Waals surface area contributed by atoms with Gasteiger partial charge in [0.1, 0.15) is 0 Å². The first-order valence-corrected chi connectivity index (χ1v) is 7.43. The van der Waals surface area contributed by atoms with Gasteiger partial charge in [-0.2, -0.15) is 0 Å². The van der Waals surface area contributed by atoms with Crippen LogP contribution in [0.1, 0.15) is 17.3 Å². The quantitative estimate of drug-likeness (QED) is 0.641. The molecule has 0 aromatic heterocycles. The lowest BCUT2D eigenvalue weighted by atomic mass is 10.1. The number of carbonyl (C=O) groups is 1. The van der Waals surface area contributed by atoms with E-state index in [4.69, 9.17) is 9.84 Å². The van der Waals surface area contributed by atoms with Crippen LogP contribution in [0.25, 0.3) is 0 Å². The molecule has 1 aromatic rings. The first-order chi connectivity index (χ1) is 9.10. The zero-order chi connectivity index (χ0) is 13.8. The molecule has 1 aromatic carbocycles. The monoisotopic (exact) mass is 375 g/mol. The highest BCUT2D eigenvalue weighted by atomic mass is 127. The fourth-order valence-electron chi connectivity index (χ4n) is 2.12. The Morgan fingerprint density at radius 1 is 1.47 bits per heavy atom. The second-order valence-electron chi connectivity index (χ2n) is 4.85. The molecule has 0 saturated carbocycles. The van der Waals surface area contributed by atoms with Gasteiger partial charge in [0.15, 0.2) is 5.78 Å². The van der Waals surface area contributed by atoms with E-state index in [2.05, 4.69) is 27.5 Å². The molecule has 0 aliphatic carbocycles. The minimum absolute atomic E-state index is 0.000935. The van der Waals surface area contributed by atoms with Crippen molar-refractivity contribution in [2.45, 2.75) is 19.1 Å². The van der Waals surface area contributed by atoms with Gasteiger partial charge in [-0.1, -0.05) is 12.1 Å². The zero-order valence-corrected chi connectivity index (χ0v) is 13.0. The summed E-state index contributed by atoms with van der Waals surface area (Å²) in [4.78, 5) is 14.3. The van der Waals surface area contributed by atoms with Crippen molar-refractivity contribution in [2.24, 2.45) is 0 Å². The Morgan fingerprint density at radius 3 is 2.79 bits per heavy atom. The molecule has 1 saturated heterocycles. The van der Waals surface area contributed by atoms with Gasteiger partial charge in [0.05, 0.1) is 25.9 Å². The van der Waals surface area contributed by atoms with Gasteiger partial charge >= 0.3 is 0 Å². The molecule has 1 fully saturated rings. The Bertz CT molecular complexity index is 435. The van der Waals surface area contributed by atoms with E-state index in [-0.39, 0.29) is 24.5 Å². The van der Waals surface area contributed by atoms with Crippen LogP contribution in [-0.2, 0) is 4.74 Å². The Morgan fingerprint density at radius 2 is 2.16 bits per heavy atom. The van der Waals surface area contributed by atoms with Crippen LogP contribution >= 0.6 is 22.6 Å². The number of hydrogen-bond acceptors (Lipinski definition) is 4. The zero-order valence-electron chi connectivity index (χ0n) is 10.9. The highest BCUT2D eigenvalue weighted by molar-refractivity contribution is 14.1. The van der Waals surface area contributed by atoms with Crippen molar-refractivity contribution in [2.75, 3.05) is 26.3 Å². The van der Waals surface area contributed by atoms with E-state index >= 15 is 0 Å². The topological polar surface area (TPSA) is 49.8 Å². The Hall–Kier alpha value is -0.500. The molecule has 0 amide bonds. The molecule has 19 heavy (non-hydrogen) atoms. The molecule has 104 valence electrons. The first kappa shape index (κ1) is 14.9. The van der Waals surface area contributed by atoms with E-state index < -0.39 is 0 Å². The van der Waals surface area contributed by atoms with Gasteiger partial charge in [0.25, 0.3) is 0 Å². The summed E-state index contributed by atoms with van der Waals surface area (Å²) in [5, 5.41) is 9.14. The van der Waals surface area contributed by atoms with Crippen LogP contribution in [0.15, 0.2) is 24.3 Å². The second kappa shape index (κ2) is 6.78. The fraction of sp³-hybridized carbons (Fsp3) is 0.500. The first-order valence-electron chi connectivity index (χ1n) is 6.35. The summed E-state index contributed by atoms with van der Waals surface area (Å²) < 4.78 is 6.59. The summed E-state index contributed by atoms with van der Waals surface area (Å²) in [6.07, 6.45) is -0.180. The average molecular weight is 375 g/mol. The van der Waals surface area contributed by atoms with Crippen molar-refractivity contribution >= 4 is 28.4 Å². The van der Waals surface area contributed by atoms with Crippen LogP contribution in [0.2, 0.25) is 0 Å². The molecule has 1 aliphatic rings. The number of morpholine rings is 1. The predicted octanol–water partition coefficient (Wildman–Crippen LogP) is 1.56. The lowest BCUT2D eigenvalue weighted by Crippen LogP contribution is -2.51. The molecule has 1 heterocycles. The molecule has 0 radical (unpaired) electrons. The summed E-state index contributed by atoms with van der Waals surface area (Å²) in [6.45, 7) is 3.58. The standard InChI is InChI=1S/C14H18INO3/c1-10-9-19-13(8-17)6-16(10)7-14(18)11-2-4-12(15)5-3-11/h2-5,10,13,17H,6-9H2,1H3. The Labute approximate surface area is 126 Å². The average Bonchev–Trinajstić information content (AvgIpc) is 2.42. The minimum Gasteiger partial charge on any atom is -0.394 e. The molecule has 0 bridgehead atoms. The lowest BCUT2D eigenvalue weighted by Gasteiger charge is -2.36. The van der Waals surface area contributed by atoms with Gasteiger partial charge < -0.3 is 9.84 Å². The van der Waals surface area contributed by atoms with Crippen molar-refractivity contribution < 1.29 is 14.6 Å².